The van der Waals surface area contributed by atoms with E-state index in [9.17, 15) is 9.59 Å². The first-order valence-electron chi connectivity index (χ1n) is 8.84. The third-order valence-corrected chi connectivity index (χ3v) is 4.59. The maximum atomic E-state index is 12.3. The van der Waals surface area contributed by atoms with Crippen molar-refractivity contribution in [3.63, 3.8) is 0 Å². The zero-order valence-corrected chi connectivity index (χ0v) is 15.7. The van der Waals surface area contributed by atoms with Crippen LogP contribution in [0.25, 0.3) is 0 Å². The van der Waals surface area contributed by atoms with Crippen molar-refractivity contribution >= 4 is 29.1 Å². The van der Waals surface area contributed by atoms with Crippen LogP contribution < -0.4 is 15.0 Å². The lowest BCUT2D eigenvalue weighted by molar-refractivity contribution is -0.133. The van der Waals surface area contributed by atoms with Crippen molar-refractivity contribution in [1.29, 1.82) is 0 Å². The van der Waals surface area contributed by atoms with Gasteiger partial charge in [-0.3, -0.25) is 9.59 Å². The number of carbonyl (C=O) groups is 2. The molecule has 0 aliphatic carbocycles. The zero-order chi connectivity index (χ0) is 19.1. The van der Waals surface area contributed by atoms with E-state index < -0.39 is 0 Å². The van der Waals surface area contributed by atoms with E-state index in [1.165, 1.54) is 0 Å². The molecule has 27 heavy (non-hydrogen) atoms. The van der Waals surface area contributed by atoms with Gasteiger partial charge in [-0.05, 0) is 30.3 Å². The van der Waals surface area contributed by atoms with Gasteiger partial charge in [-0.2, -0.15) is 0 Å². The molecule has 0 aromatic heterocycles. The average molecular weight is 388 g/mol. The molecule has 3 rings (SSSR count). The monoisotopic (exact) mass is 387 g/mol. The maximum Gasteiger partial charge on any atom is 0.258 e. The van der Waals surface area contributed by atoms with Gasteiger partial charge in [0.2, 0.25) is 5.91 Å². The van der Waals surface area contributed by atoms with Crippen LogP contribution in [0.2, 0.25) is 5.02 Å². The summed E-state index contributed by atoms with van der Waals surface area (Å²) in [6.07, 6.45) is 0. The van der Waals surface area contributed by atoms with Crippen molar-refractivity contribution in [2.24, 2.45) is 0 Å². The second-order valence-corrected chi connectivity index (χ2v) is 6.66. The first kappa shape index (κ1) is 19.0. The molecule has 2 aromatic rings. The zero-order valence-electron chi connectivity index (χ0n) is 14.9. The fraction of sp³-hybridized carbons (Fsp3) is 0.300. The number of nitrogens with zero attached hydrogens (tertiary/aromatic N) is 2. The molecule has 2 amide bonds. The number of halogens is 1. The first-order valence-corrected chi connectivity index (χ1v) is 9.22. The number of ether oxygens (including phenoxy) is 1. The molecular formula is C20H22ClN3O3. The quantitative estimate of drug-likeness (QED) is 0.825. The van der Waals surface area contributed by atoms with Gasteiger partial charge >= 0.3 is 0 Å². The number of benzene rings is 2. The first-order chi connectivity index (χ1) is 13.1. The van der Waals surface area contributed by atoms with Crippen LogP contribution in [0.4, 0.5) is 5.69 Å². The topological polar surface area (TPSA) is 61.9 Å². The van der Waals surface area contributed by atoms with Gasteiger partial charge in [0, 0.05) is 36.9 Å². The molecule has 0 bridgehead atoms. The Morgan fingerprint density at radius 3 is 2.44 bits per heavy atom. The van der Waals surface area contributed by atoms with E-state index in [-0.39, 0.29) is 25.0 Å². The molecule has 0 atom stereocenters. The van der Waals surface area contributed by atoms with Crippen LogP contribution in [0.1, 0.15) is 0 Å². The molecule has 1 N–H and O–H groups in total. The minimum atomic E-state index is -0.315. The summed E-state index contributed by atoms with van der Waals surface area (Å²) >= 11 is 6.04. The van der Waals surface area contributed by atoms with Gasteiger partial charge < -0.3 is 19.9 Å². The predicted molar refractivity (Wildman–Crippen MR) is 105 cm³/mol. The number of amides is 2. The van der Waals surface area contributed by atoms with Crippen molar-refractivity contribution in [2.75, 3.05) is 44.2 Å². The van der Waals surface area contributed by atoms with E-state index in [4.69, 9.17) is 16.3 Å². The summed E-state index contributed by atoms with van der Waals surface area (Å²) in [5.41, 5.74) is 1.06. The summed E-state index contributed by atoms with van der Waals surface area (Å²) in [6.45, 7) is 2.56. The number of hydrogen-bond donors (Lipinski definition) is 1. The molecule has 0 radical (unpaired) electrons. The third-order valence-electron chi connectivity index (χ3n) is 4.36. The average Bonchev–Trinajstić information content (AvgIpc) is 2.71. The number of anilines is 1. The molecule has 1 heterocycles. The number of hydrogen-bond acceptors (Lipinski definition) is 4. The maximum absolute atomic E-state index is 12.3. The Labute approximate surface area is 163 Å². The van der Waals surface area contributed by atoms with Crippen LogP contribution >= 0.6 is 11.6 Å². The molecule has 7 heteroatoms. The second-order valence-electron chi connectivity index (χ2n) is 6.23. The fourth-order valence-corrected chi connectivity index (χ4v) is 3.07. The summed E-state index contributed by atoms with van der Waals surface area (Å²) < 4.78 is 5.36. The Hall–Kier alpha value is -2.73. The molecule has 1 fully saturated rings. The molecule has 6 nitrogen and oxygen atoms in total. The molecule has 2 aromatic carbocycles. The second kappa shape index (κ2) is 9.28. The Morgan fingerprint density at radius 1 is 1.00 bits per heavy atom. The van der Waals surface area contributed by atoms with Crippen molar-refractivity contribution in [3.8, 4) is 5.75 Å². The van der Waals surface area contributed by atoms with Crippen LogP contribution in [0.15, 0.2) is 54.6 Å². The minimum Gasteiger partial charge on any atom is -0.484 e. The minimum absolute atomic E-state index is 0.0197. The highest BCUT2D eigenvalue weighted by Gasteiger charge is 2.21. The molecule has 0 saturated carbocycles. The lowest BCUT2D eigenvalue weighted by Crippen LogP contribution is -2.51. The van der Waals surface area contributed by atoms with Crippen LogP contribution in [0.3, 0.4) is 0 Å². The highest BCUT2D eigenvalue weighted by atomic mass is 35.5. The number of piperazine rings is 1. The highest BCUT2D eigenvalue weighted by molar-refractivity contribution is 6.30. The summed E-state index contributed by atoms with van der Waals surface area (Å²) in [5.74, 6) is 0.217. The third kappa shape index (κ3) is 5.62. The van der Waals surface area contributed by atoms with Gasteiger partial charge in [0.1, 0.15) is 5.75 Å². The molecular weight excluding hydrogens is 366 g/mol. The normalized spacial score (nSPS) is 14.0. The number of rotatable bonds is 6. The highest BCUT2D eigenvalue weighted by Crippen LogP contribution is 2.20. The van der Waals surface area contributed by atoms with Gasteiger partial charge in [0.05, 0.1) is 6.54 Å². The van der Waals surface area contributed by atoms with Crippen molar-refractivity contribution in [3.05, 3.63) is 59.6 Å². The smallest absolute Gasteiger partial charge is 0.258 e. The Morgan fingerprint density at radius 2 is 1.74 bits per heavy atom. The van der Waals surface area contributed by atoms with Gasteiger partial charge in [0.15, 0.2) is 6.61 Å². The summed E-state index contributed by atoms with van der Waals surface area (Å²) in [7, 11) is 0. The molecule has 142 valence electrons. The fourth-order valence-electron chi connectivity index (χ4n) is 2.89. The Kier molecular flexibility index (Phi) is 6.54. The van der Waals surface area contributed by atoms with Gasteiger partial charge in [-0.15, -0.1) is 0 Å². The van der Waals surface area contributed by atoms with Gasteiger partial charge in [-0.25, -0.2) is 0 Å². The van der Waals surface area contributed by atoms with E-state index in [1.807, 2.05) is 42.5 Å². The molecule has 1 aliphatic rings. The van der Waals surface area contributed by atoms with Crippen LogP contribution in [0, 0.1) is 0 Å². The molecule has 0 unspecified atom stereocenters. The van der Waals surface area contributed by atoms with Crippen molar-refractivity contribution in [2.45, 2.75) is 0 Å². The van der Waals surface area contributed by atoms with Crippen LogP contribution in [0.5, 0.6) is 5.75 Å². The van der Waals surface area contributed by atoms with Crippen molar-refractivity contribution < 1.29 is 14.3 Å². The number of para-hydroxylation sites is 1. The number of nitrogens with one attached hydrogen (secondary N) is 1. The number of carbonyl (C=O) groups excluding carboxylic acids is 2. The van der Waals surface area contributed by atoms with Crippen LogP contribution in [-0.4, -0.2) is 56.0 Å². The van der Waals surface area contributed by atoms with E-state index in [2.05, 4.69) is 10.2 Å². The Bertz CT molecular complexity index is 777. The van der Waals surface area contributed by atoms with Crippen molar-refractivity contribution in [1.82, 2.24) is 10.2 Å². The van der Waals surface area contributed by atoms with Gasteiger partial charge in [0.25, 0.3) is 5.91 Å². The summed E-state index contributed by atoms with van der Waals surface area (Å²) in [6, 6.07) is 16.8. The lowest BCUT2D eigenvalue weighted by atomic mass is 10.2. The van der Waals surface area contributed by atoms with E-state index in [0.29, 0.717) is 23.9 Å². The SMILES string of the molecule is O=C(COc1ccccc1)NCC(=O)N1CCN(c2cccc(Cl)c2)CC1. The van der Waals surface area contributed by atoms with E-state index >= 15 is 0 Å². The van der Waals surface area contributed by atoms with Gasteiger partial charge in [-0.1, -0.05) is 35.9 Å². The van der Waals surface area contributed by atoms with E-state index in [1.54, 1.807) is 17.0 Å². The van der Waals surface area contributed by atoms with E-state index in [0.717, 1.165) is 18.8 Å². The summed E-state index contributed by atoms with van der Waals surface area (Å²) in [5, 5.41) is 3.31. The standard InChI is InChI=1S/C20H22ClN3O3/c21-16-5-4-6-17(13-16)23-9-11-24(12-10-23)20(26)14-22-19(25)15-27-18-7-2-1-3-8-18/h1-8,13H,9-12,14-15H2,(H,22,25). The Balaban J connectivity index is 1.38. The molecule has 0 spiro atoms. The van der Waals surface area contributed by atoms with Crippen LogP contribution in [-0.2, 0) is 9.59 Å². The summed E-state index contributed by atoms with van der Waals surface area (Å²) in [4.78, 5) is 28.1. The lowest BCUT2D eigenvalue weighted by Gasteiger charge is -2.36. The largest absolute Gasteiger partial charge is 0.484 e. The predicted octanol–water partition coefficient (Wildman–Crippen LogP) is 2.18. The molecule has 1 aliphatic heterocycles. The molecule has 1 saturated heterocycles.